The van der Waals surface area contributed by atoms with Crippen LogP contribution in [-0.4, -0.2) is 43.0 Å². The third-order valence-electron chi connectivity index (χ3n) is 5.55. The highest BCUT2D eigenvalue weighted by Crippen LogP contribution is 2.32. The second kappa shape index (κ2) is 8.38. The van der Waals surface area contributed by atoms with Gasteiger partial charge in [-0.1, -0.05) is 12.1 Å². The Kier molecular flexibility index (Phi) is 5.35. The number of rotatable bonds is 5. The number of benzene rings is 1. The summed E-state index contributed by atoms with van der Waals surface area (Å²) in [4.78, 5) is 34.8. The molecule has 1 aromatic carbocycles. The molecule has 2 N–H and O–H groups in total. The van der Waals surface area contributed by atoms with Gasteiger partial charge in [0.15, 0.2) is 5.65 Å². The Labute approximate surface area is 196 Å². The van der Waals surface area contributed by atoms with Crippen molar-refractivity contribution in [2.24, 2.45) is 7.05 Å². The van der Waals surface area contributed by atoms with Crippen LogP contribution in [-0.2, 0) is 24.6 Å². The van der Waals surface area contributed by atoms with Gasteiger partial charge in [0.05, 0.1) is 46.8 Å². The first-order chi connectivity index (χ1) is 16.7. The zero-order chi connectivity index (χ0) is 24.7. The van der Waals surface area contributed by atoms with Crippen LogP contribution >= 0.6 is 0 Å². The third-order valence-corrected chi connectivity index (χ3v) is 5.55. The number of aromatic nitrogens is 4. The Bertz CT molecular complexity index is 1470. The zero-order valence-electron chi connectivity index (χ0n) is 18.3. The first-order valence-corrected chi connectivity index (χ1v) is 10.5. The first kappa shape index (κ1) is 22.3. The van der Waals surface area contributed by atoms with Gasteiger partial charge in [-0.3, -0.25) is 19.3 Å². The van der Waals surface area contributed by atoms with Crippen molar-refractivity contribution in [2.45, 2.75) is 12.7 Å². The van der Waals surface area contributed by atoms with E-state index >= 15 is 0 Å². The van der Waals surface area contributed by atoms with Gasteiger partial charge in [0.2, 0.25) is 5.91 Å². The van der Waals surface area contributed by atoms with Gasteiger partial charge in [0.1, 0.15) is 6.54 Å². The molecule has 1 aliphatic rings. The Hall–Kier alpha value is -4.48. The number of anilines is 3. The van der Waals surface area contributed by atoms with E-state index in [1.54, 1.807) is 42.3 Å². The fourth-order valence-corrected chi connectivity index (χ4v) is 3.96. The van der Waals surface area contributed by atoms with E-state index in [4.69, 9.17) is 0 Å². The van der Waals surface area contributed by atoms with Crippen LogP contribution in [0.25, 0.3) is 11.0 Å². The molecule has 0 saturated heterocycles. The van der Waals surface area contributed by atoms with Gasteiger partial charge >= 0.3 is 6.18 Å². The van der Waals surface area contributed by atoms with Crippen LogP contribution in [0, 0.1) is 0 Å². The lowest BCUT2D eigenvalue weighted by Crippen LogP contribution is -2.33. The highest BCUT2D eigenvalue weighted by Gasteiger charge is 2.33. The van der Waals surface area contributed by atoms with Gasteiger partial charge in [0, 0.05) is 25.2 Å². The summed E-state index contributed by atoms with van der Waals surface area (Å²) in [5, 5.41) is 10.6. The number of amides is 2. The molecule has 0 spiro atoms. The van der Waals surface area contributed by atoms with Crippen molar-refractivity contribution in [1.82, 2.24) is 24.6 Å². The van der Waals surface area contributed by atoms with Crippen LogP contribution in [0.1, 0.15) is 21.5 Å². The van der Waals surface area contributed by atoms with Gasteiger partial charge in [-0.2, -0.15) is 18.3 Å². The molecule has 12 heteroatoms. The van der Waals surface area contributed by atoms with Crippen molar-refractivity contribution in [3.63, 3.8) is 0 Å². The summed E-state index contributed by atoms with van der Waals surface area (Å²) < 4.78 is 40.3. The quantitative estimate of drug-likeness (QED) is 0.450. The van der Waals surface area contributed by atoms with Crippen molar-refractivity contribution in [3.05, 3.63) is 71.8 Å². The molecule has 0 saturated carbocycles. The van der Waals surface area contributed by atoms with Crippen molar-refractivity contribution < 1.29 is 22.8 Å². The molecule has 4 aromatic rings. The zero-order valence-corrected chi connectivity index (χ0v) is 18.3. The molecule has 0 radical (unpaired) electrons. The molecule has 2 amide bonds. The lowest BCUT2D eigenvalue weighted by atomic mass is 10.1. The molecule has 3 aromatic heterocycles. The SMILES string of the molecule is Cn1ncc2cc(Nc3cccc4c3C(=O)N(CC(=O)Nc3cncc(C(F)(F)F)c3)C4)cnc21. The van der Waals surface area contributed by atoms with Gasteiger partial charge in [-0.25, -0.2) is 4.98 Å². The monoisotopic (exact) mass is 481 g/mol. The Morgan fingerprint density at radius 1 is 1.11 bits per heavy atom. The predicted octanol–water partition coefficient (Wildman–Crippen LogP) is 3.72. The van der Waals surface area contributed by atoms with Gasteiger partial charge in [-0.05, 0) is 23.8 Å². The lowest BCUT2D eigenvalue weighted by Gasteiger charge is -2.16. The Morgan fingerprint density at radius 3 is 2.74 bits per heavy atom. The van der Waals surface area contributed by atoms with E-state index in [9.17, 15) is 22.8 Å². The van der Waals surface area contributed by atoms with Gasteiger partial charge < -0.3 is 15.5 Å². The highest BCUT2D eigenvalue weighted by atomic mass is 19.4. The second-order valence-corrected chi connectivity index (χ2v) is 8.04. The fourth-order valence-electron chi connectivity index (χ4n) is 3.96. The van der Waals surface area contributed by atoms with Crippen molar-refractivity contribution in [2.75, 3.05) is 17.2 Å². The first-order valence-electron chi connectivity index (χ1n) is 10.5. The molecule has 5 rings (SSSR count). The summed E-state index contributed by atoms with van der Waals surface area (Å²) in [6, 6.07) is 7.99. The number of halogens is 3. The number of nitrogens with zero attached hydrogens (tertiary/aromatic N) is 5. The highest BCUT2D eigenvalue weighted by molar-refractivity contribution is 6.06. The van der Waals surface area contributed by atoms with Crippen LogP contribution in [0.3, 0.4) is 0 Å². The third kappa shape index (κ3) is 4.37. The average Bonchev–Trinajstić information content (AvgIpc) is 3.33. The molecule has 0 bridgehead atoms. The number of carbonyl (C=O) groups excluding carboxylic acids is 2. The summed E-state index contributed by atoms with van der Waals surface area (Å²) in [7, 11) is 1.79. The number of aryl methyl sites for hydroxylation is 1. The van der Waals surface area contributed by atoms with Crippen molar-refractivity contribution >= 4 is 39.9 Å². The second-order valence-electron chi connectivity index (χ2n) is 8.04. The summed E-state index contributed by atoms with van der Waals surface area (Å²) in [6.45, 7) is -0.135. The van der Waals surface area contributed by atoms with E-state index in [2.05, 4.69) is 25.7 Å². The van der Waals surface area contributed by atoms with Crippen LogP contribution < -0.4 is 10.6 Å². The van der Waals surface area contributed by atoms with E-state index in [1.165, 1.54) is 4.90 Å². The standard InChI is InChI=1S/C23H18F3N7O2/c1-32-21-14(7-29-32)5-16(10-28-21)30-18-4-2-3-13-11-33(22(35)20(13)18)12-19(34)31-17-6-15(8-27-9-17)23(24,25)26/h2-10,30H,11-12H2,1H3,(H,31,34). The molecule has 35 heavy (non-hydrogen) atoms. The minimum atomic E-state index is -4.58. The van der Waals surface area contributed by atoms with Crippen LogP contribution in [0.5, 0.6) is 0 Å². The summed E-state index contributed by atoms with van der Waals surface area (Å²) >= 11 is 0. The molecule has 0 aliphatic carbocycles. The lowest BCUT2D eigenvalue weighted by molar-refractivity contribution is -0.137. The van der Waals surface area contributed by atoms with E-state index in [1.807, 2.05) is 6.07 Å². The van der Waals surface area contributed by atoms with Crippen molar-refractivity contribution in [3.8, 4) is 0 Å². The average molecular weight is 481 g/mol. The number of pyridine rings is 2. The molecule has 9 nitrogen and oxygen atoms in total. The number of hydrogen-bond donors (Lipinski definition) is 2. The maximum absolute atomic E-state index is 13.1. The Morgan fingerprint density at radius 2 is 1.94 bits per heavy atom. The maximum Gasteiger partial charge on any atom is 0.417 e. The molecule has 1 aliphatic heterocycles. The van der Waals surface area contributed by atoms with Crippen LogP contribution in [0.2, 0.25) is 0 Å². The number of alkyl halides is 3. The molecule has 4 heterocycles. The van der Waals surface area contributed by atoms with E-state index in [-0.39, 0.29) is 24.7 Å². The predicted molar refractivity (Wildman–Crippen MR) is 121 cm³/mol. The molecule has 0 unspecified atom stereocenters. The van der Waals surface area contributed by atoms with Crippen LogP contribution in [0.4, 0.5) is 30.2 Å². The minimum Gasteiger partial charge on any atom is -0.354 e. The van der Waals surface area contributed by atoms with E-state index in [0.29, 0.717) is 23.1 Å². The molecule has 0 atom stereocenters. The molecule has 0 fully saturated rings. The summed E-state index contributed by atoms with van der Waals surface area (Å²) in [5.74, 6) is -0.996. The number of hydrogen-bond acceptors (Lipinski definition) is 6. The fraction of sp³-hybridized carbons (Fsp3) is 0.174. The van der Waals surface area contributed by atoms with Gasteiger partial charge in [-0.15, -0.1) is 0 Å². The van der Waals surface area contributed by atoms with Crippen molar-refractivity contribution in [1.29, 1.82) is 0 Å². The minimum absolute atomic E-state index is 0.102. The van der Waals surface area contributed by atoms with E-state index in [0.717, 1.165) is 28.9 Å². The summed E-state index contributed by atoms with van der Waals surface area (Å²) in [5.41, 5.74) is 2.01. The van der Waals surface area contributed by atoms with Crippen LogP contribution in [0.15, 0.2) is 55.1 Å². The van der Waals surface area contributed by atoms with Gasteiger partial charge in [0.25, 0.3) is 5.91 Å². The normalized spacial score (nSPS) is 13.3. The summed E-state index contributed by atoms with van der Waals surface area (Å²) in [6.07, 6.45) is 0.529. The van der Waals surface area contributed by atoms with E-state index < -0.39 is 17.6 Å². The number of nitrogens with one attached hydrogen (secondary N) is 2. The number of fused-ring (bicyclic) bond motifs is 2. The Balaban J connectivity index is 1.30. The molecular formula is C23H18F3N7O2. The maximum atomic E-state index is 13.1. The number of carbonyl (C=O) groups is 2. The molecular weight excluding hydrogens is 463 g/mol. The molecule has 178 valence electrons. The largest absolute Gasteiger partial charge is 0.417 e. The topological polar surface area (TPSA) is 105 Å². The smallest absolute Gasteiger partial charge is 0.354 e.